The standard InChI is InChI=1S/C9H14N2/c1-10-7-8-4-6-11-5-2-3-9(8)11/h2-3,5,8,10H,4,6-7H2,1H3/t8-/m1/s1. The summed E-state index contributed by atoms with van der Waals surface area (Å²) in [5, 5.41) is 3.23. The highest BCUT2D eigenvalue weighted by molar-refractivity contribution is 5.16. The van der Waals surface area contributed by atoms with Gasteiger partial charge >= 0.3 is 0 Å². The van der Waals surface area contributed by atoms with Crippen molar-refractivity contribution in [3.63, 3.8) is 0 Å². The molecule has 2 heteroatoms. The Balaban J connectivity index is 2.18. The van der Waals surface area contributed by atoms with Gasteiger partial charge in [0.25, 0.3) is 0 Å². The van der Waals surface area contributed by atoms with Crippen molar-refractivity contribution in [2.75, 3.05) is 13.6 Å². The van der Waals surface area contributed by atoms with Gasteiger partial charge in [0.1, 0.15) is 0 Å². The van der Waals surface area contributed by atoms with Crippen molar-refractivity contribution in [2.24, 2.45) is 0 Å². The number of rotatable bonds is 2. The first-order chi connectivity index (χ1) is 5.42. The summed E-state index contributed by atoms with van der Waals surface area (Å²) in [6, 6.07) is 4.37. The van der Waals surface area contributed by atoms with Crippen LogP contribution in [-0.4, -0.2) is 18.2 Å². The summed E-state index contributed by atoms with van der Waals surface area (Å²) in [5.74, 6) is 0.745. The minimum atomic E-state index is 0.745. The molecule has 0 amide bonds. The summed E-state index contributed by atoms with van der Waals surface area (Å²) in [6.45, 7) is 2.32. The molecule has 0 fully saturated rings. The second kappa shape index (κ2) is 2.70. The minimum absolute atomic E-state index is 0.745. The lowest BCUT2D eigenvalue weighted by Gasteiger charge is -2.06. The number of hydrogen-bond acceptors (Lipinski definition) is 1. The smallest absolute Gasteiger partial charge is 0.0229 e. The van der Waals surface area contributed by atoms with E-state index in [1.54, 1.807) is 0 Å². The summed E-state index contributed by atoms with van der Waals surface area (Å²) in [6.07, 6.45) is 3.47. The first kappa shape index (κ1) is 6.92. The maximum absolute atomic E-state index is 3.23. The van der Waals surface area contributed by atoms with Crippen LogP contribution in [0, 0.1) is 0 Å². The van der Waals surface area contributed by atoms with Crippen molar-refractivity contribution in [1.82, 2.24) is 9.88 Å². The zero-order valence-electron chi connectivity index (χ0n) is 6.88. The molecular weight excluding hydrogens is 136 g/mol. The Morgan fingerprint density at radius 1 is 1.73 bits per heavy atom. The van der Waals surface area contributed by atoms with E-state index in [0.29, 0.717) is 0 Å². The molecule has 1 aliphatic rings. The van der Waals surface area contributed by atoms with E-state index >= 15 is 0 Å². The van der Waals surface area contributed by atoms with Crippen LogP contribution in [0.2, 0.25) is 0 Å². The van der Waals surface area contributed by atoms with Crippen molar-refractivity contribution in [2.45, 2.75) is 18.9 Å². The molecule has 11 heavy (non-hydrogen) atoms. The van der Waals surface area contributed by atoms with E-state index in [4.69, 9.17) is 0 Å². The van der Waals surface area contributed by atoms with Crippen LogP contribution in [-0.2, 0) is 6.54 Å². The SMILES string of the molecule is CNC[C@H]1CCn2cccc21. The molecule has 2 nitrogen and oxygen atoms in total. The molecule has 1 aliphatic heterocycles. The molecule has 60 valence electrons. The van der Waals surface area contributed by atoms with E-state index in [-0.39, 0.29) is 0 Å². The monoisotopic (exact) mass is 150 g/mol. The van der Waals surface area contributed by atoms with Gasteiger partial charge in [0.05, 0.1) is 0 Å². The largest absolute Gasteiger partial charge is 0.351 e. The highest BCUT2D eigenvalue weighted by Crippen LogP contribution is 2.26. The van der Waals surface area contributed by atoms with Crippen LogP contribution in [0.5, 0.6) is 0 Å². The average molecular weight is 150 g/mol. The van der Waals surface area contributed by atoms with E-state index in [1.165, 1.54) is 18.7 Å². The Bertz CT molecular complexity index is 239. The molecule has 1 aromatic heterocycles. The zero-order chi connectivity index (χ0) is 7.68. The van der Waals surface area contributed by atoms with Crippen LogP contribution < -0.4 is 5.32 Å². The Morgan fingerprint density at radius 2 is 2.64 bits per heavy atom. The second-order valence-corrected chi connectivity index (χ2v) is 3.17. The highest BCUT2D eigenvalue weighted by Gasteiger charge is 2.20. The van der Waals surface area contributed by atoms with Gasteiger partial charge in [0, 0.05) is 30.9 Å². The van der Waals surface area contributed by atoms with Gasteiger partial charge in [0.15, 0.2) is 0 Å². The number of likely N-dealkylation sites (N-methyl/N-ethyl adjacent to an activating group) is 1. The predicted octanol–water partition coefficient (Wildman–Crippen LogP) is 1.19. The van der Waals surface area contributed by atoms with Gasteiger partial charge in [-0.15, -0.1) is 0 Å². The van der Waals surface area contributed by atoms with Crippen LogP contribution in [0.25, 0.3) is 0 Å². The molecular formula is C9H14N2. The lowest BCUT2D eigenvalue weighted by atomic mass is 10.1. The summed E-state index contributed by atoms with van der Waals surface area (Å²) >= 11 is 0. The number of aromatic nitrogens is 1. The lowest BCUT2D eigenvalue weighted by Crippen LogP contribution is -2.14. The van der Waals surface area contributed by atoms with Gasteiger partial charge in [-0.2, -0.15) is 0 Å². The minimum Gasteiger partial charge on any atom is -0.351 e. The topological polar surface area (TPSA) is 17.0 Å². The fourth-order valence-electron chi connectivity index (χ4n) is 1.90. The second-order valence-electron chi connectivity index (χ2n) is 3.17. The molecule has 0 bridgehead atoms. The molecule has 0 radical (unpaired) electrons. The van der Waals surface area contributed by atoms with Gasteiger partial charge in [0.2, 0.25) is 0 Å². The van der Waals surface area contributed by atoms with E-state index in [0.717, 1.165) is 12.5 Å². The van der Waals surface area contributed by atoms with Gasteiger partial charge in [-0.05, 0) is 25.6 Å². The Kier molecular flexibility index (Phi) is 1.70. The third-order valence-electron chi connectivity index (χ3n) is 2.45. The van der Waals surface area contributed by atoms with Crippen LogP contribution in [0.15, 0.2) is 18.3 Å². The first-order valence-corrected chi connectivity index (χ1v) is 4.21. The van der Waals surface area contributed by atoms with Crippen molar-refractivity contribution >= 4 is 0 Å². The van der Waals surface area contributed by atoms with E-state index in [9.17, 15) is 0 Å². The molecule has 0 aliphatic carbocycles. The Hall–Kier alpha value is -0.760. The van der Waals surface area contributed by atoms with Gasteiger partial charge < -0.3 is 9.88 Å². The fraction of sp³-hybridized carbons (Fsp3) is 0.556. The zero-order valence-corrected chi connectivity index (χ0v) is 6.88. The van der Waals surface area contributed by atoms with Crippen molar-refractivity contribution in [1.29, 1.82) is 0 Å². The van der Waals surface area contributed by atoms with Crippen LogP contribution in [0.3, 0.4) is 0 Å². The summed E-state index contributed by atoms with van der Waals surface area (Å²) in [7, 11) is 2.02. The molecule has 0 saturated carbocycles. The number of nitrogens with zero attached hydrogens (tertiary/aromatic N) is 1. The van der Waals surface area contributed by atoms with Crippen molar-refractivity contribution in [3.8, 4) is 0 Å². The van der Waals surface area contributed by atoms with Gasteiger partial charge in [-0.1, -0.05) is 0 Å². The van der Waals surface area contributed by atoms with Gasteiger partial charge in [-0.25, -0.2) is 0 Å². The van der Waals surface area contributed by atoms with Crippen LogP contribution in [0.4, 0.5) is 0 Å². The summed E-state index contributed by atoms with van der Waals surface area (Å²) in [4.78, 5) is 0. The summed E-state index contributed by atoms with van der Waals surface area (Å²) in [5.41, 5.74) is 1.50. The molecule has 0 aromatic carbocycles. The third-order valence-corrected chi connectivity index (χ3v) is 2.45. The molecule has 0 saturated heterocycles. The first-order valence-electron chi connectivity index (χ1n) is 4.21. The van der Waals surface area contributed by atoms with E-state index in [2.05, 4.69) is 28.2 Å². The van der Waals surface area contributed by atoms with E-state index < -0.39 is 0 Å². The molecule has 2 heterocycles. The Labute approximate surface area is 67.2 Å². The Morgan fingerprint density at radius 3 is 3.45 bits per heavy atom. The normalized spacial score (nSPS) is 22.1. The van der Waals surface area contributed by atoms with Crippen LogP contribution in [0.1, 0.15) is 18.0 Å². The highest BCUT2D eigenvalue weighted by atomic mass is 15.0. The fourth-order valence-corrected chi connectivity index (χ4v) is 1.90. The number of fused-ring (bicyclic) bond motifs is 1. The van der Waals surface area contributed by atoms with Gasteiger partial charge in [-0.3, -0.25) is 0 Å². The molecule has 0 unspecified atom stereocenters. The van der Waals surface area contributed by atoms with E-state index in [1.807, 2.05) is 7.05 Å². The molecule has 1 N–H and O–H groups in total. The maximum Gasteiger partial charge on any atom is 0.0229 e. The molecule has 2 rings (SSSR count). The lowest BCUT2D eigenvalue weighted by molar-refractivity contribution is 0.617. The number of hydrogen-bond donors (Lipinski definition) is 1. The average Bonchev–Trinajstić information content (AvgIpc) is 2.53. The number of nitrogens with one attached hydrogen (secondary N) is 1. The van der Waals surface area contributed by atoms with Crippen LogP contribution >= 0.6 is 0 Å². The predicted molar refractivity (Wildman–Crippen MR) is 45.7 cm³/mol. The third kappa shape index (κ3) is 1.07. The molecule has 1 aromatic rings. The van der Waals surface area contributed by atoms with Crippen molar-refractivity contribution < 1.29 is 0 Å². The molecule has 1 atom stereocenters. The molecule has 0 spiro atoms. The van der Waals surface area contributed by atoms with Crippen molar-refractivity contribution in [3.05, 3.63) is 24.0 Å². The summed E-state index contributed by atoms with van der Waals surface area (Å²) < 4.78 is 2.35. The quantitative estimate of drug-likeness (QED) is 0.670. The maximum atomic E-state index is 3.23. The number of aryl methyl sites for hydroxylation is 1.